The molecule has 1 amide bonds. The first-order valence-corrected chi connectivity index (χ1v) is 8.81. The SMILES string of the molecule is Cc1cc(Cl)ccc1C(N)=O.O=S(=O)(O)/C=C/c1cccc(Cl)c1. The zero-order valence-electron chi connectivity index (χ0n) is 12.6. The summed E-state index contributed by atoms with van der Waals surface area (Å²) in [5.74, 6) is -0.417. The van der Waals surface area contributed by atoms with Crippen LogP contribution in [0.2, 0.25) is 10.0 Å². The van der Waals surface area contributed by atoms with Crippen LogP contribution < -0.4 is 5.73 Å². The van der Waals surface area contributed by atoms with Gasteiger partial charge in [0.1, 0.15) is 0 Å². The van der Waals surface area contributed by atoms with E-state index in [0.717, 1.165) is 5.56 Å². The third-order valence-electron chi connectivity index (χ3n) is 2.74. The Bertz CT molecular complexity index is 864. The lowest BCUT2D eigenvalue weighted by Gasteiger charge is -1.99. The molecule has 0 saturated carbocycles. The molecule has 5 nitrogen and oxygen atoms in total. The molecule has 24 heavy (non-hydrogen) atoms. The second-order valence-corrected chi connectivity index (χ2v) is 6.87. The van der Waals surface area contributed by atoms with Gasteiger partial charge in [0.25, 0.3) is 10.1 Å². The van der Waals surface area contributed by atoms with Crippen molar-refractivity contribution in [3.05, 3.63) is 74.6 Å². The van der Waals surface area contributed by atoms with E-state index in [1.54, 1.807) is 49.4 Å². The molecule has 128 valence electrons. The van der Waals surface area contributed by atoms with Gasteiger partial charge < -0.3 is 5.73 Å². The monoisotopic (exact) mass is 387 g/mol. The predicted molar refractivity (Wildman–Crippen MR) is 96.7 cm³/mol. The van der Waals surface area contributed by atoms with Gasteiger partial charge in [0, 0.05) is 15.6 Å². The number of hydrogen-bond donors (Lipinski definition) is 2. The average molecular weight is 388 g/mol. The lowest BCUT2D eigenvalue weighted by molar-refractivity contribution is 0.0999. The minimum Gasteiger partial charge on any atom is -0.366 e. The first-order chi connectivity index (χ1) is 11.1. The van der Waals surface area contributed by atoms with E-state index in [4.69, 9.17) is 33.5 Å². The van der Waals surface area contributed by atoms with Gasteiger partial charge in [0.05, 0.1) is 5.41 Å². The molecule has 3 N–H and O–H groups in total. The Kier molecular flexibility index (Phi) is 7.44. The standard InChI is InChI=1S/C8H8ClNO.C8H7ClO3S/c1-5-4-6(9)2-3-7(5)8(10)11;9-8-3-1-2-7(6-8)4-5-13(10,11)12/h2-4H,1H3,(H2,10,11);1-6H,(H,10,11,12)/b;5-4+. The maximum absolute atomic E-state index is 10.7. The van der Waals surface area contributed by atoms with E-state index < -0.39 is 16.0 Å². The highest BCUT2D eigenvalue weighted by Gasteiger charge is 2.03. The van der Waals surface area contributed by atoms with Crippen molar-refractivity contribution in [1.82, 2.24) is 0 Å². The van der Waals surface area contributed by atoms with Crippen LogP contribution in [0.4, 0.5) is 0 Å². The van der Waals surface area contributed by atoms with Crippen molar-refractivity contribution in [3.8, 4) is 0 Å². The number of nitrogens with two attached hydrogens (primary N) is 1. The molecular formula is C16H15Cl2NO4S. The minimum atomic E-state index is -4.06. The summed E-state index contributed by atoms with van der Waals surface area (Å²) in [6.45, 7) is 1.80. The number of primary amides is 1. The van der Waals surface area contributed by atoms with Crippen molar-refractivity contribution in [2.24, 2.45) is 5.73 Å². The molecule has 0 fully saturated rings. The van der Waals surface area contributed by atoms with Gasteiger partial charge in [-0.3, -0.25) is 9.35 Å². The van der Waals surface area contributed by atoms with E-state index in [1.807, 2.05) is 0 Å². The van der Waals surface area contributed by atoms with E-state index >= 15 is 0 Å². The van der Waals surface area contributed by atoms with Gasteiger partial charge in [0.15, 0.2) is 0 Å². The van der Waals surface area contributed by atoms with Crippen LogP contribution in [0, 0.1) is 6.92 Å². The molecule has 0 aromatic heterocycles. The molecular weight excluding hydrogens is 373 g/mol. The number of carbonyl (C=O) groups is 1. The molecule has 0 bridgehead atoms. The van der Waals surface area contributed by atoms with Crippen LogP contribution in [0.3, 0.4) is 0 Å². The molecule has 2 aromatic rings. The van der Waals surface area contributed by atoms with Gasteiger partial charge in [-0.2, -0.15) is 8.42 Å². The van der Waals surface area contributed by atoms with Gasteiger partial charge in [0.2, 0.25) is 5.91 Å². The normalized spacial score (nSPS) is 11.0. The Hall–Kier alpha value is -1.86. The highest BCUT2D eigenvalue weighted by Crippen LogP contribution is 2.14. The molecule has 0 saturated heterocycles. The summed E-state index contributed by atoms with van der Waals surface area (Å²) in [4.78, 5) is 10.7. The minimum absolute atomic E-state index is 0.417. The van der Waals surface area contributed by atoms with E-state index in [0.29, 0.717) is 26.6 Å². The largest absolute Gasteiger partial charge is 0.366 e. The van der Waals surface area contributed by atoms with Crippen LogP contribution in [0.1, 0.15) is 21.5 Å². The number of halogens is 2. The average Bonchev–Trinajstić information content (AvgIpc) is 2.45. The Morgan fingerprint density at radius 3 is 2.25 bits per heavy atom. The van der Waals surface area contributed by atoms with Crippen LogP contribution in [0.15, 0.2) is 47.9 Å². The maximum atomic E-state index is 10.7. The van der Waals surface area contributed by atoms with Gasteiger partial charge in [-0.1, -0.05) is 35.3 Å². The van der Waals surface area contributed by atoms with E-state index in [-0.39, 0.29) is 0 Å². The highest BCUT2D eigenvalue weighted by atomic mass is 35.5. The molecule has 0 spiro atoms. The van der Waals surface area contributed by atoms with E-state index in [1.165, 1.54) is 6.08 Å². The molecule has 0 atom stereocenters. The number of amides is 1. The molecule has 2 aromatic carbocycles. The highest BCUT2D eigenvalue weighted by molar-refractivity contribution is 7.88. The topological polar surface area (TPSA) is 97.5 Å². The van der Waals surface area contributed by atoms with Crippen molar-refractivity contribution in [2.75, 3.05) is 0 Å². The van der Waals surface area contributed by atoms with Crippen LogP contribution in [-0.2, 0) is 10.1 Å². The molecule has 8 heteroatoms. The number of hydrogen-bond acceptors (Lipinski definition) is 3. The first kappa shape index (κ1) is 20.2. The van der Waals surface area contributed by atoms with Gasteiger partial charge in [-0.25, -0.2) is 0 Å². The fraction of sp³-hybridized carbons (Fsp3) is 0.0625. The van der Waals surface area contributed by atoms with Gasteiger partial charge >= 0.3 is 0 Å². The summed E-state index contributed by atoms with van der Waals surface area (Å²) in [5.41, 5.74) is 7.03. The lowest BCUT2D eigenvalue weighted by atomic mass is 10.1. The quantitative estimate of drug-likeness (QED) is 0.778. The molecule has 0 radical (unpaired) electrons. The Balaban J connectivity index is 0.000000243. The van der Waals surface area contributed by atoms with E-state index in [2.05, 4.69) is 0 Å². The van der Waals surface area contributed by atoms with Gasteiger partial charge in [-0.05, 0) is 54.5 Å². The van der Waals surface area contributed by atoms with Crippen molar-refractivity contribution in [2.45, 2.75) is 6.92 Å². The van der Waals surface area contributed by atoms with Crippen LogP contribution in [-0.4, -0.2) is 18.9 Å². The maximum Gasteiger partial charge on any atom is 0.287 e. The molecule has 0 unspecified atom stereocenters. The fourth-order valence-electron chi connectivity index (χ4n) is 1.68. The van der Waals surface area contributed by atoms with Crippen molar-refractivity contribution < 1.29 is 17.8 Å². The second kappa shape index (κ2) is 8.84. The number of carbonyl (C=O) groups excluding carboxylic acids is 1. The zero-order valence-corrected chi connectivity index (χ0v) is 14.9. The van der Waals surface area contributed by atoms with Crippen molar-refractivity contribution in [3.63, 3.8) is 0 Å². The smallest absolute Gasteiger partial charge is 0.287 e. The molecule has 2 rings (SSSR count). The third-order valence-corrected chi connectivity index (χ3v) is 3.69. The summed E-state index contributed by atoms with van der Waals surface area (Å²) in [5, 5.41) is 1.84. The van der Waals surface area contributed by atoms with Crippen LogP contribution in [0.25, 0.3) is 6.08 Å². The lowest BCUT2D eigenvalue weighted by Crippen LogP contribution is -2.12. The molecule has 0 aliphatic carbocycles. The Labute approximate surface area is 150 Å². The fourth-order valence-corrected chi connectivity index (χ4v) is 2.43. The number of benzene rings is 2. The van der Waals surface area contributed by atoms with Gasteiger partial charge in [-0.15, -0.1) is 0 Å². The molecule has 0 aliphatic heterocycles. The molecule has 0 aliphatic rings. The van der Waals surface area contributed by atoms with E-state index in [9.17, 15) is 13.2 Å². The number of aryl methyl sites for hydroxylation is 1. The zero-order chi connectivity index (χ0) is 18.3. The summed E-state index contributed by atoms with van der Waals surface area (Å²) in [7, 11) is -4.06. The number of rotatable bonds is 3. The van der Waals surface area contributed by atoms with Crippen molar-refractivity contribution in [1.29, 1.82) is 0 Å². The molecule has 0 heterocycles. The summed E-state index contributed by atoms with van der Waals surface area (Å²) in [6.07, 6.45) is 1.27. The van der Waals surface area contributed by atoms with Crippen LogP contribution >= 0.6 is 23.2 Å². The predicted octanol–water partition coefficient (Wildman–Crippen LogP) is 3.95. The Morgan fingerprint density at radius 1 is 1.12 bits per heavy atom. The second-order valence-electron chi connectivity index (χ2n) is 4.70. The Morgan fingerprint density at radius 2 is 1.75 bits per heavy atom. The van der Waals surface area contributed by atoms with Crippen molar-refractivity contribution >= 4 is 45.3 Å². The summed E-state index contributed by atoms with van der Waals surface area (Å²) >= 11 is 11.3. The summed E-state index contributed by atoms with van der Waals surface area (Å²) in [6, 6.07) is 11.6. The van der Waals surface area contributed by atoms with Crippen LogP contribution in [0.5, 0.6) is 0 Å². The third kappa shape index (κ3) is 7.61. The first-order valence-electron chi connectivity index (χ1n) is 6.55. The summed E-state index contributed by atoms with van der Waals surface area (Å²) < 4.78 is 29.1.